The van der Waals surface area contributed by atoms with Crippen molar-refractivity contribution >= 4 is 23.3 Å². The minimum Gasteiger partial charge on any atom is -0.447 e. The zero-order chi connectivity index (χ0) is 22.0. The van der Waals surface area contributed by atoms with Crippen molar-refractivity contribution in [2.75, 3.05) is 5.32 Å². The third kappa shape index (κ3) is 4.28. The number of hydrogen-bond acceptors (Lipinski definition) is 6. The van der Waals surface area contributed by atoms with Crippen LogP contribution in [0.5, 0.6) is 0 Å². The van der Waals surface area contributed by atoms with Crippen molar-refractivity contribution in [2.45, 2.75) is 26.9 Å². The van der Waals surface area contributed by atoms with Crippen LogP contribution in [0.3, 0.4) is 0 Å². The Morgan fingerprint density at radius 3 is 2.48 bits per heavy atom. The molecule has 0 fully saturated rings. The van der Waals surface area contributed by atoms with Gasteiger partial charge in [-0.2, -0.15) is 4.98 Å². The van der Waals surface area contributed by atoms with Crippen LogP contribution in [0.25, 0.3) is 16.9 Å². The molecule has 0 bridgehead atoms. The molecule has 1 N–H and O–H groups in total. The van der Waals surface area contributed by atoms with Gasteiger partial charge in [-0.1, -0.05) is 48.5 Å². The molecule has 8 heteroatoms. The van der Waals surface area contributed by atoms with Gasteiger partial charge in [-0.25, -0.2) is 14.3 Å². The Balaban J connectivity index is 1.49. The molecule has 0 aliphatic carbocycles. The first-order chi connectivity index (χ1) is 14.9. The van der Waals surface area contributed by atoms with Gasteiger partial charge in [0.1, 0.15) is 0 Å². The summed E-state index contributed by atoms with van der Waals surface area (Å²) in [5.74, 6) is -1.09. The maximum atomic E-state index is 12.7. The van der Waals surface area contributed by atoms with Crippen molar-refractivity contribution < 1.29 is 14.3 Å². The van der Waals surface area contributed by atoms with Crippen molar-refractivity contribution in [1.29, 1.82) is 0 Å². The molecule has 0 saturated carbocycles. The second kappa shape index (κ2) is 8.35. The normalized spacial score (nSPS) is 11.8. The molecule has 31 heavy (non-hydrogen) atoms. The lowest BCUT2D eigenvalue weighted by molar-refractivity contribution is -0.123. The minimum atomic E-state index is -1.04. The van der Waals surface area contributed by atoms with Crippen LogP contribution >= 0.6 is 0 Å². The van der Waals surface area contributed by atoms with Gasteiger partial charge >= 0.3 is 5.97 Å². The summed E-state index contributed by atoms with van der Waals surface area (Å²) in [6.07, 6.45) is -1.04. The average Bonchev–Trinajstić information content (AvgIpc) is 3.19. The van der Waals surface area contributed by atoms with E-state index in [2.05, 4.69) is 20.4 Å². The first kappa shape index (κ1) is 20.2. The van der Waals surface area contributed by atoms with Crippen molar-refractivity contribution in [3.8, 4) is 11.1 Å². The second-order valence-corrected chi connectivity index (χ2v) is 7.13. The van der Waals surface area contributed by atoms with E-state index in [1.807, 2.05) is 68.4 Å². The fraction of sp³-hybridized carbons (Fsp3) is 0.174. The number of hydrogen-bond donors (Lipinski definition) is 1. The SMILES string of the molecule is Cc1cc(C)n2nc(C(=O)O[C@@H](C)C(=O)Nc3ccccc3-c3ccccc3)nc2n1. The van der Waals surface area contributed by atoms with E-state index in [0.29, 0.717) is 11.5 Å². The zero-order valence-electron chi connectivity index (χ0n) is 17.4. The number of aromatic nitrogens is 4. The number of carbonyl (C=O) groups is 2. The summed E-state index contributed by atoms with van der Waals surface area (Å²) in [6, 6.07) is 19.0. The highest BCUT2D eigenvalue weighted by Crippen LogP contribution is 2.27. The number of anilines is 1. The Morgan fingerprint density at radius 2 is 1.71 bits per heavy atom. The number of esters is 1. The van der Waals surface area contributed by atoms with Crippen molar-refractivity contribution in [3.63, 3.8) is 0 Å². The van der Waals surface area contributed by atoms with Crippen LogP contribution in [0.15, 0.2) is 60.7 Å². The van der Waals surface area contributed by atoms with Crippen LogP contribution in [0.1, 0.15) is 28.9 Å². The maximum absolute atomic E-state index is 12.7. The number of fused-ring (bicyclic) bond motifs is 1. The Bertz CT molecular complexity index is 1270. The van der Waals surface area contributed by atoms with Gasteiger partial charge in [0, 0.05) is 22.6 Å². The van der Waals surface area contributed by atoms with E-state index in [9.17, 15) is 9.59 Å². The molecule has 2 aromatic carbocycles. The Hall–Kier alpha value is -4.07. The van der Waals surface area contributed by atoms with E-state index < -0.39 is 18.0 Å². The van der Waals surface area contributed by atoms with E-state index in [-0.39, 0.29) is 5.82 Å². The number of nitrogens with one attached hydrogen (secondary N) is 1. The van der Waals surface area contributed by atoms with Gasteiger partial charge in [0.25, 0.3) is 17.5 Å². The van der Waals surface area contributed by atoms with Gasteiger partial charge < -0.3 is 10.1 Å². The highest BCUT2D eigenvalue weighted by Gasteiger charge is 2.23. The lowest BCUT2D eigenvalue weighted by Gasteiger charge is -2.15. The summed E-state index contributed by atoms with van der Waals surface area (Å²) >= 11 is 0. The van der Waals surface area contributed by atoms with Gasteiger partial charge in [0.15, 0.2) is 6.10 Å². The fourth-order valence-corrected chi connectivity index (χ4v) is 3.22. The molecule has 0 saturated heterocycles. The number of nitrogens with zero attached hydrogens (tertiary/aromatic N) is 4. The van der Waals surface area contributed by atoms with Crippen molar-refractivity contribution in [3.05, 3.63) is 77.9 Å². The van der Waals surface area contributed by atoms with Gasteiger partial charge in [-0.3, -0.25) is 4.79 Å². The molecule has 0 aliphatic heterocycles. The largest absolute Gasteiger partial charge is 0.447 e. The molecule has 0 aliphatic rings. The lowest BCUT2D eigenvalue weighted by atomic mass is 10.0. The predicted octanol–water partition coefficient (Wildman–Crippen LogP) is 3.59. The molecule has 4 rings (SSSR count). The number of ether oxygens (including phenoxy) is 1. The Labute approximate surface area is 178 Å². The summed E-state index contributed by atoms with van der Waals surface area (Å²) in [5.41, 5.74) is 4.02. The smallest absolute Gasteiger partial charge is 0.379 e. The van der Waals surface area contributed by atoms with E-state index in [0.717, 1.165) is 22.5 Å². The molecule has 156 valence electrons. The van der Waals surface area contributed by atoms with E-state index in [1.54, 1.807) is 6.07 Å². The van der Waals surface area contributed by atoms with Crippen molar-refractivity contribution in [1.82, 2.24) is 19.6 Å². The van der Waals surface area contributed by atoms with Crippen LogP contribution in [0.2, 0.25) is 0 Å². The van der Waals surface area contributed by atoms with Crippen LogP contribution in [-0.2, 0) is 9.53 Å². The van der Waals surface area contributed by atoms with Crippen molar-refractivity contribution in [2.24, 2.45) is 0 Å². The fourth-order valence-electron chi connectivity index (χ4n) is 3.22. The summed E-state index contributed by atoms with van der Waals surface area (Å²) in [4.78, 5) is 33.6. The van der Waals surface area contributed by atoms with Gasteiger partial charge in [-0.05, 0) is 38.5 Å². The molecule has 0 unspecified atom stereocenters. The average molecular weight is 415 g/mol. The molecule has 4 aromatic rings. The van der Waals surface area contributed by atoms with Crippen LogP contribution in [0.4, 0.5) is 5.69 Å². The van der Waals surface area contributed by atoms with Crippen LogP contribution in [-0.4, -0.2) is 37.6 Å². The highest BCUT2D eigenvalue weighted by molar-refractivity contribution is 5.99. The third-order valence-electron chi connectivity index (χ3n) is 4.72. The number of carbonyl (C=O) groups excluding carboxylic acids is 2. The number of rotatable bonds is 5. The van der Waals surface area contributed by atoms with E-state index in [4.69, 9.17) is 4.74 Å². The molecule has 0 radical (unpaired) electrons. The summed E-state index contributed by atoms with van der Waals surface area (Å²) in [5, 5.41) is 6.97. The minimum absolute atomic E-state index is 0.148. The number of aryl methyl sites for hydroxylation is 2. The first-order valence-electron chi connectivity index (χ1n) is 9.79. The van der Waals surface area contributed by atoms with Crippen LogP contribution in [0, 0.1) is 13.8 Å². The number of amides is 1. The topological polar surface area (TPSA) is 98.5 Å². The first-order valence-corrected chi connectivity index (χ1v) is 9.79. The molecular formula is C23H21N5O3. The predicted molar refractivity (Wildman–Crippen MR) is 116 cm³/mol. The van der Waals surface area contributed by atoms with E-state index >= 15 is 0 Å². The lowest BCUT2D eigenvalue weighted by Crippen LogP contribution is -2.30. The summed E-state index contributed by atoms with van der Waals surface area (Å²) in [6.45, 7) is 5.17. The molecule has 1 amide bonds. The second-order valence-electron chi connectivity index (χ2n) is 7.13. The van der Waals surface area contributed by atoms with Crippen LogP contribution < -0.4 is 5.32 Å². The Morgan fingerprint density at radius 1 is 1.00 bits per heavy atom. The van der Waals surface area contributed by atoms with Gasteiger partial charge in [0.2, 0.25) is 0 Å². The monoisotopic (exact) mass is 415 g/mol. The highest BCUT2D eigenvalue weighted by atomic mass is 16.5. The quantitative estimate of drug-likeness (QED) is 0.500. The maximum Gasteiger partial charge on any atom is 0.379 e. The number of benzene rings is 2. The zero-order valence-corrected chi connectivity index (χ0v) is 17.4. The van der Waals surface area contributed by atoms with Gasteiger partial charge in [0.05, 0.1) is 0 Å². The third-order valence-corrected chi connectivity index (χ3v) is 4.72. The summed E-state index contributed by atoms with van der Waals surface area (Å²) in [7, 11) is 0. The molecule has 2 heterocycles. The molecule has 2 aromatic heterocycles. The molecule has 0 spiro atoms. The molecule has 8 nitrogen and oxygen atoms in total. The Kier molecular flexibility index (Phi) is 5.44. The standard InChI is InChI=1S/C23H21N5O3/c1-14-13-15(2)28-23(24-14)26-20(27-28)22(30)31-16(3)21(29)25-19-12-8-7-11-18(19)17-9-5-4-6-10-17/h4-13,16H,1-3H3,(H,25,29)/t16-/m0/s1. The van der Waals surface area contributed by atoms with E-state index in [1.165, 1.54) is 11.4 Å². The van der Waals surface area contributed by atoms with Gasteiger partial charge in [-0.15, -0.1) is 5.10 Å². The molecule has 1 atom stereocenters. The molecular weight excluding hydrogens is 394 g/mol. The number of para-hydroxylation sites is 1. The summed E-state index contributed by atoms with van der Waals surface area (Å²) < 4.78 is 6.76.